The molecule has 0 spiro atoms. The van der Waals surface area contributed by atoms with E-state index >= 15 is 0 Å². The van der Waals surface area contributed by atoms with Crippen LogP contribution in [0.15, 0.2) is 24.3 Å². The van der Waals surface area contributed by atoms with Gasteiger partial charge in [-0.15, -0.1) is 5.10 Å². The Labute approximate surface area is 108 Å². The fourth-order valence-corrected chi connectivity index (χ4v) is 1.91. The quantitative estimate of drug-likeness (QED) is 0.795. The van der Waals surface area contributed by atoms with Gasteiger partial charge in [-0.3, -0.25) is 0 Å². The minimum Gasteiger partial charge on any atom is -0.461 e. The van der Waals surface area contributed by atoms with Crippen LogP contribution in [0.25, 0.3) is 0 Å². The molecular formula is C12H12N2O3S. The summed E-state index contributed by atoms with van der Waals surface area (Å²) in [6.45, 7) is 4.02. The highest BCUT2D eigenvalue weighted by atomic mass is 32.1. The second kappa shape index (κ2) is 5.59. The number of hydrogen-bond donors (Lipinski definition) is 0. The van der Waals surface area contributed by atoms with E-state index in [9.17, 15) is 4.79 Å². The van der Waals surface area contributed by atoms with Crippen molar-refractivity contribution in [1.82, 2.24) is 10.2 Å². The van der Waals surface area contributed by atoms with Gasteiger partial charge in [0, 0.05) is 0 Å². The third-order valence-corrected chi connectivity index (χ3v) is 2.83. The molecule has 0 saturated carbocycles. The van der Waals surface area contributed by atoms with Gasteiger partial charge in [0.2, 0.25) is 5.01 Å². The number of nitrogens with zero attached hydrogens (tertiary/aromatic N) is 2. The van der Waals surface area contributed by atoms with E-state index in [-0.39, 0.29) is 5.01 Å². The minimum absolute atomic E-state index is 0.194. The summed E-state index contributed by atoms with van der Waals surface area (Å²) >= 11 is 1.06. The number of carbonyl (C=O) groups is 1. The summed E-state index contributed by atoms with van der Waals surface area (Å²) in [5, 5.41) is 8.03. The molecule has 94 valence electrons. The Morgan fingerprint density at radius 2 is 2.22 bits per heavy atom. The number of benzene rings is 1. The molecule has 1 aromatic carbocycles. The molecule has 2 rings (SSSR count). The van der Waals surface area contributed by atoms with Gasteiger partial charge in [0.25, 0.3) is 5.19 Å². The first-order chi connectivity index (χ1) is 8.69. The SMILES string of the molecule is CCOC(=O)c1nnc(Oc2cccc(C)c2)s1. The van der Waals surface area contributed by atoms with Crippen LogP contribution >= 0.6 is 11.3 Å². The summed E-state index contributed by atoms with van der Waals surface area (Å²) in [5.74, 6) is 0.190. The Hall–Kier alpha value is -1.95. The van der Waals surface area contributed by atoms with E-state index in [1.165, 1.54) is 0 Å². The lowest BCUT2D eigenvalue weighted by Gasteiger charge is -2.00. The van der Waals surface area contributed by atoms with E-state index in [1.807, 2.05) is 31.2 Å². The lowest BCUT2D eigenvalue weighted by molar-refractivity contribution is 0.0525. The zero-order valence-electron chi connectivity index (χ0n) is 10.0. The van der Waals surface area contributed by atoms with Gasteiger partial charge in [-0.25, -0.2) is 4.79 Å². The van der Waals surface area contributed by atoms with Gasteiger partial charge in [-0.1, -0.05) is 17.2 Å². The molecule has 0 bridgehead atoms. The molecule has 0 atom stereocenters. The normalized spacial score (nSPS) is 10.1. The molecule has 0 aliphatic heterocycles. The van der Waals surface area contributed by atoms with Gasteiger partial charge in [0.05, 0.1) is 6.61 Å². The lowest BCUT2D eigenvalue weighted by Crippen LogP contribution is -2.03. The minimum atomic E-state index is -0.478. The molecule has 0 aliphatic carbocycles. The monoisotopic (exact) mass is 264 g/mol. The highest BCUT2D eigenvalue weighted by Crippen LogP contribution is 2.25. The van der Waals surface area contributed by atoms with Gasteiger partial charge in [0.15, 0.2) is 0 Å². The number of aromatic nitrogens is 2. The van der Waals surface area contributed by atoms with E-state index in [4.69, 9.17) is 9.47 Å². The molecule has 18 heavy (non-hydrogen) atoms. The lowest BCUT2D eigenvalue weighted by atomic mass is 10.2. The average molecular weight is 264 g/mol. The van der Waals surface area contributed by atoms with Gasteiger partial charge >= 0.3 is 5.97 Å². The summed E-state index contributed by atoms with van der Waals surface area (Å²) in [4.78, 5) is 11.4. The topological polar surface area (TPSA) is 61.3 Å². The predicted molar refractivity (Wildman–Crippen MR) is 67.1 cm³/mol. The van der Waals surface area contributed by atoms with Crippen molar-refractivity contribution in [3.8, 4) is 10.9 Å². The molecular weight excluding hydrogens is 252 g/mol. The van der Waals surface area contributed by atoms with Crippen LogP contribution in [0, 0.1) is 6.92 Å². The van der Waals surface area contributed by atoms with Crippen LogP contribution in [0.2, 0.25) is 0 Å². The van der Waals surface area contributed by atoms with E-state index in [0.29, 0.717) is 17.6 Å². The Kier molecular flexibility index (Phi) is 3.88. The van der Waals surface area contributed by atoms with Crippen LogP contribution in [-0.2, 0) is 4.74 Å². The molecule has 5 nitrogen and oxygen atoms in total. The molecule has 0 aliphatic rings. The number of ether oxygens (including phenoxy) is 2. The molecule has 0 N–H and O–H groups in total. The van der Waals surface area contributed by atoms with Crippen LogP contribution in [0.5, 0.6) is 10.9 Å². The number of carbonyl (C=O) groups excluding carboxylic acids is 1. The average Bonchev–Trinajstić information content (AvgIpc) is 2.78. The maximum Gasteiger partial charge on any atom is 0.369 e. The van der Waals surface area contributed by atoms with E-state index in [1.54, 1.807) is 6.92 Å². The maximum absolute atomic E-state index is 11.4. The Bertz CT molecular complexity index is 554. The summed E-state index contributed by atoms with van der Waals surface area (Å²) in [6, 6.07) is 7.55. The Morgan fingerprint density at radius 3 is 2.94 bits per heavy atom. The zero-order valence-corrected chi connectivity index (χ0v) is 10.9. The smallest absolute Gasteiger partial charge is 0.369 e. The third kappa shape index (κ3) is 3.04. The van der Waals surface area contributed by atoms with Crippen LogP contribution in [0.4, 0.5) is 0 Å². The molecule has 1 heterocycles. The van der Waals surface area contributed by atoms with Crippen molar-refractivity contribution in [3.63, 3.8) is 0 Å². The van der Waals surface area contributed by atoms with E-state index in [0.717, 1.165) is 16.9 Å². The van der Waals surface area contributed by atoms with Crippen LogP contribution in [0.3, 0.4) is 0 Å². The van der Waals surface area contributed by atoms with Crippen molar-refractivity contribution in [3.05, 3.63) is 34.8 Å². The maximum atomic E-state index is 11.4. The Morgan fingerprint density at radius 1 is 1.39 bits per heavy atom. The summed E-state index contributed by atoms with van der Waals surface area (Å²) < 4.78 is 10.3. The van der Waals surface area contributed by atoms with Crippen molar-refractivity contribution in [2.24, 2.45) is 0 Å². The second-order valence-corrected chi connectivity index (χ2v) is 4.45. The van der Waals surface area contributed by atoms with E-state index < -0.39 is 5.97 Å². The zero-order chi connectivity index (χ0) is 13.0. The fourth-order valence-electron chi connectivity index (χ4n) is 1.31. The predicted octanol–water partition coefficient (Wildman–Crippen LogP) is 2.82. The molecule has 0 saturated heterocycles. The number of esters is 1. The third-order valence-electron chi connectivity index (χ3n) is 2.05. The molecule has 0 radical (unpaired) electrons. The molecule has 1 aromatic heterocycles. The largest absolute Gasteiger partial charge is 0.461 e. The fraction of sp³-hybridized carbons (Fsp3) is 0.250. The highest BCUT2D eigenvalue weighted by molar-refractivity contribution is 7.14. The molecule has 6 heteroatoms. The van der Waals surface area contributed by atoms with Crippen molar-refractivity contribution in [2.45, 2.75) is 13.8 Å². The molecule has 2 aromatic rings. The summed E-state index contributed by atoms with van der Waals surface area (Å²) in [5.41, 5.74) is 1.09. The van der Waals surface area contributed by atoms with E-state index in [2.05, 4.69) is 10.2 Å². The van der Waals surface area contributed by atoms with Gasteiger partial charge in [-0.05, 0) is 42.9 Å². The van der Waals surface area contributed by atoms with Crippen molar-refractivity contribution in [2.75, 3.05) is 6.61 Å². The number of aryl methyl sites for hydroxylation is 1. The Balaban J connectivity index is 2.09. The molecule has 0 fully saturated rings. The van der Waals surface area contributed by atoms with Crippen molar-refractivity contribution < 1.29 is 14.3 Å². The van der Waals surface area contributed by atoms with Crippen molar-refractivity contribution >= 4 is 17.3 Å². The van der Waals surface area contributed by atoms with Gasteiger partial charge in [-0.2, -0.15) is 0 Å². The first kappa shape index (κ1) is 12.5. The van der Waals surface area contributed by atoms with Crippen molar-refractivity contribution in [1.29, 1.82) is 0 Å². The standard InChI is InChI=1S/C12H12N2O3S/c1-3-16-11(15)10-13-14-12(18-10)17-9-6-4-5-8(2)7-9/h4-7H,3H2,1-2H3. The second-order valence-electron chi connectivity index (χ2n) is 3.51. The first-order valence-corrected chi connectivity index (χ1v) is 6.26. The van der Waals surface area contributed by atoms with Gasteiger partial charge in [0.1, 0.15) is 5.75 Å². The van der Waals surface area contributed by atoms with Crippen LogP contribution < -0.4 is 4.74 Å². The highest BCUT2D eigenvalue weighted by Gasteiger charge is 2.14. The summed E-state index contributed by atoms with van der Waals surface area (Å²) in [6.07, 6.45) is 0. The molecule has 0 unspecified atom stereocenters. The summed E-state index contributed by atoms with van der Waals surface area (Å²) in [7, 11) is 0. The van der Waals surface area contributed by atoms with Crippen LogP contribution in [-0.4, -0.2) is 22.8 Å². The van der Waals surface area contributed by atoms with Crippen LogP contribution in [0.1, 0.15) is 22.3 Å². The molecule has 0 amide bonds. The first-order valence-electron chi connectivity index (χ1n) is 5.44. The number of hydrogen-bond acceptors (Lipinski definition) is 6. The van der Waals surface area contributed by atoms with Gasteiger partial charge < -0.3 is 9.47 Å². The number of rotatable bonds is 4.